The molecule has 6 heteroatoms. The molecule has 1 atom stereocenters. The van der Waals surface area contributed by atoms with E-state index in [4.69, 9.17) is 10.6 Å². The zero-order valence-corrected chi connectivity index (χ0v) is 7.30. The average Bonchev–Trinajstić information content (AvgIpc) is 2.65. The fourth-order valence-electron chi connectivity index (χ4n) is 0.991. The highest BCUT2D eigenvalue weighted by Crippen LogP contribution is 2.04. The van der Waals surface area contributed by atoms with E-state index < -0.39 is 6.04 Å². The molecule has 1 aromatic heterocycles. The first-order valence-electron chi connectivity index (χ1n) is 3.78. The van der Waals surface area contributed by atoms with Crippen molar-refractivity contribution in [3.63, 3.8) is 0 Å². The Bertz CT molecular complexity index is 259. The Morgan fingerprint density at radius 2 is 2.62 bits per heavy atom. The van der Waals surface area contributed by atoms with Crippen molar-refractivity contribution in [2.75, 3.05) is 13.7 Å². The second kappa shape index (κ2) is 4.58. The summed E-state index contributed by atoms with van der Waals surface area (Å²) in [7, 11) is 1.51. The minimum Gasteiger partial charge on any atom is -0.382 e. The van der Waals surface area contributed by atoms with Crippen LogP contribution in [0.2, 0.25) is 0 Å². The fraction of sp³-hybridized carbons (Fsp3) is 0.429. The number of hydrazine groups is 1. The van der Waals surface area contributed by atoms with Crippen LogP contribution in [-0.2, 0) is 9.53 Å². The number of nitrogens with two attached hydrogens (primary N) is 1. The molecule has 0 spiro atoms. The molecule has 1 unspecified atom stereocenters. The number of nitrogens with zero attached hydrogens (tertiary/aromatic N) is 2. The number of aromatic nitrogens is 2. The lowest BCUT2D eigenvalue weighted by molar-refractivity contribution is -0.126. The van der Waals surface area contributed by atoms with Crippen molar-refractivity contribution in [2.45, 2.75) is 6.04 Å². The van der Waals surface area contributed by atoms with Crippen molar-refractivity contribution >= 4 is 5.91 Å². The lowest BCUT2D eigenvalue weighted by atomic mass is 10.3. The standard InChI is InChI=1S/C7H12N4O2/c1-13-5-6(7(12)10-8)11-4-2-3-9-11/h2-4,6H,5,8H2,1H3,(H,10,12). The largest absolute Gasteiger partial charge is 0.382 e. The van der Waals surface area contributed by atoms with Crippen LogP contribution in [-0.4, -0.2) is 29.4 Å². The topological polar surface area (TPSA) is 82.2 Å². The van der Waals surface area contributed by atoms with Crippen LogP contribution in [0.25, 0.3) is 0 Å². The molecule has 0 aliphatic carbocycles. The van der Waals surface area contributed by atoms with E-state index in [0.717, 1.165) is 0 Å². The van der Waals surface area contributed by atoms with Gasteiger partial charge in [-0.2, -0.15) is 5.10 Å². The molecule has 6 nitrogen and oxygen atoms in total. The van der Waals surface area contributed by atoms with Gasteiger partial charge in [0.1, 0.15) is 0 Å². The summed E-state index contributed by atoms with van der Waals surface area (Å²) in [5.41, 5.74) is 2.06. The van der Waals surface area contributed by atoms with Gasteiger partial charge in [0.05, 0.1) is 6.61 Å². The van der Waals surface area contributed by atoms with Crippen molar-refractivity contribution in [1.82, 2.24) is 15.2 Å². The van der Waals surface area contributed by atoms with Gasteiger partial charge in [-0.25, -0.2) is 5.84 Å². The lowest BCUT2D eigenvalue weighted by Crippen LogP contribution is -2.39. The first-order chi connectivity index (χ1) is 6.29. The molecule has 1 aromatic rings. The number of rotatable bonds is 4. The summed E-state index contributed by atoms with van der Waals surface area (Å²) in [6, 6.07) is 1.22. The summed E-state index contributed by atoms with van der Waals surface area (Å²) in [6.45, 7) is 0.241. The monoisotopic (exact) mass is 184 g/mol. The molecule has 1 heterocycles. The van der Waals surface area contributed by atoms with Gasteiger partial charge < -0.3 is 4.74 Å². The van der Waals surface area contributed by atoms with Crippen LogP contribution in [0.5, 0.6) is 0 Å². The molecule has 0 saturated carbocycles. The Balaban J connectivity index is 2.74. The molecule has 1 amide bonds. The first-order valence-corrected chi connectivity index (χ1v) is 3.78. The van der Waals surface area contributed by atoms with Crippen LogP contribution in [0.4, 0.5) is 0 Å². The number of hydrogen-bond donors (Lipinski definition) is 2. The third-order valence-corrected chi connectivity index (χ3v) is 1.61. The smallest absolute Gasteiger partial charge is 0.261 e. The summed E-state index contributed by atoms with van der Waals surface area (Å²) in [6.07, 6.45) is 3.27. The molecule has 1 rings (SSSR count). The summed E-state index contributed by atoms with van der Waals surface area (Å²) < 4.78 is 6.37. The van der Waals surface area contributed by atoms with Crippen LogP contribution < -0.4 is 11.3 Å². The van der Waals surface area contributed by atoms with Crippen LogP contribution in [0.3, 0.4) is 0 Å². The van der Waals surface area contributed by atoms with Crippen LogP contribution in [0.1, 0.15) is 6.04 Å². The summed E-state index contributed by atoms with van der Waals surface area (Å²) in [4.78, 5) is 11.2. The fourth-order valence-corrected chi connectivity index (χ4v) is 0.991. The van der Waals surface area contributed by atoms with Gasteiger partial charge in [-0.1, -0.05) is 0 Å². The molecule has 0 bridgehead atoms. The third kappa shape index (κ3) is 2.27. The summed E-state index contributed by atoms with van der Waals surface area (Å²) in [5, 5.41) is 3.92. The lowest BCUT2D eigenvalue weighted by Gasteiger charge is -2.14. The van der Waals surface area contributed by atoms with Crippen LogP contribution in [0, 0.1) is 0 Å². The molecule has 0 radical (unpaired) electrons. The molecule has 0 aliphatic heterocycles. The molecule has 3 N–H and O–H groups in total. The normalized spacial score (nSPS) is 12.5. The minimum absolute atomic E-state index is 0.241. The maximum absolute atomic E-state index is 11.2. The first kappa shape index (κ1) is 9.69. The number of carbonyl (C=O) groups is 1. The van der Waals surface area contributed by atoms with E-state index in [9.17, 15) is 4.79 Å². The molecular formula is C7H12N4O2. The third-order valence-electron chi connectivity index (χ3n) is 1.61. The number of nitrogens with one attached hydrogen (secondary N) is 1. The van der Waals surface area contributed by atoms with Crippen molar-refractivity contribution in [1.29, 1.82) is 0 Å². The summed E-state index contributed by atoms with van der Waals surface area (Å²) >= 11 is 0. The molecule has 0 saturated heterocycles. The molecule has 0 fully saturated rings. The van der Waals surface area contributed by atoms with E-state index in [0.29, 0.717) is 0 Å². The van der Waals surface area contributed by atoms with E-state index in [2.05, 4.69) is 10.5 Å². The molecule has 72 valence electrons. The highest BCUT2D eigenvalue weighted by atomic mass is 16.5. The Morgan fingerprint density at radius 3 is 3.08 bits per heavy atom. The van der Waals surface area contributed by atoms with Gasteiger partial charge in [0.2, 0.25) is 0 Å². The molecule has 0 aliphatic rings. The highest BCUT2D eigenvalue weighted by Gasteiger charge is 2.19. The number of methoxy groups -OCH3 is 1. The number of ether oxygens (including phenoxy) is 1. The summed E-state index contributed by atoms with van der Waals surface area (Å²) in [5.74, 6) is 4.68. The SMILES string of the molecule is COCC(C(=O)NN)n1cccn1. The number of carbonyl (C=O) groups excluding carboxylic acids is 1. The van der Waals surface area contributed by atoms with Crippen LogP contribution >= 0.6 is 0 Å². The van der Waals surface area contributed by atoms with E-state index in [1.54, 1.807) is 18.5 Å². The van der Waals surface area contributed by atoms with Gasteiger partial charge in [-0.15, -0.1) is 0 Å². The molecule has 0 aromatic carbocycles. The second-order valence-electron chi connectivity index (χ2n) is 2.47. The molecule has 13 heavy (non-hydrogen) atoms. The average molecular weight is 184 g/mol. The van der Waals surface area contributed by atoms with E-state index >= 15 is 0 Å². The van der Waals surface area contributed by atoms with E-state index in [-0.39, 0.29) is 12.5 Å². The zero-order valence-electron chi connectivity index (χ0n) is 7.30. The Morgan fingerprint density at radius 1 is 1.85 bits per heavy atom. The minimum atomic E-state index is -0.509. The maximum atomic E-state index is 11.2. The van der Waals surface area contributed by atoms with E-state index in [1.807, 2.05) is 0 Å². The number of hydrogen-bond acceptors (Lipinski definition) is 4. The highest BCUT2D eigenvalue weighted by molar-refractivity contribution is 5.79. The Hall–Kier alpha value is -1.40. The zero-order chi connectivity index (χ0) is 9.68. The Kier molecular flexibility index (Phi) is 3.41. The second-order valence-corrected chi connectivity index (χ2v) is 2.47. The predicted octanol–water partition coefficient (Wildman–Crippen LogP) is -0.939. The van der Waals surface area contributed by atoms with Gasteiger partial charge in [-0.3, -0.25) is 14.9 Å². The van der Waals surface area contributed by atoms with Gasteiger partial charge in [-0.05, 0) is 6.07 Å². The van der Waals surface area contributed by atoms with Gasteiger partial charge >= 0.3 is 0 Å². The number of amides is 1. The van der Waals surface area contributed by atoms with Crippen molar-refractivity contribution in [3.05, 3.63) is 18.5 Å². The maximum Gasteiger partial charge on any atom is 0.261 e. The van der Waals surface area contributed by atoms with Gasteiger partial charge in [0.15, 0.2) is 6.04 Å². The van der Waals surface area contributed by atoms with Crippen molar-refractivity contribution < 1.29 is 9.53 Å². The van der Waals surface area contributed by atoms with Crippen molar-refractivity contribution in [3.8, 4) is 0 Å². The van der Waals surface area contributed by atoms with Gasteiger partial charge in [0, 0.05) is 19.5 Å². The quantitative estimate of drug-likeness (QED) is 0.359. The molecular weight excluding hydrogens is 172 g/mol. The van der Waals surface area contributed by atoms with Crippen LogP contribution in [0.15, 0.2) is 18.5 Å². The van der Waals surface area contributed by atoms with E-state index in [1.165, 1.54) is 11.8 Å². The Labute approximate surface area is 75.6 Å². The van der Waals surface area contributed by atoms with Gasteiger partial charge in [0.25, 0.3) is 5.91 Å². The van der Waals surface area contributed by atoms with Crippen molar-refractivity contribution in [2.24, 2.45) is 5.84 Å². The predicted molar refractivity (Wildman–Crippen MR) is 45.5 cm³/mol.